The highest BCUT2D eigenvalue weighted by Gasteiger charge is 2.24. The third-order valence-corrected chi connectivity index (χ3v) is 2.57. The van der Waals surface area contributed by atoms with E-state index in [0.29, 0.717) is 18.6 Å². The first-order valence-corrected chi connectivity index (χ1v) is 5.10. The molecule has 16 heavy (non-hydrogen) atoms. The van der Waals surface area contributed by atoms with E-state index >= 15 is 0 Å². The highest BCUT2D eigenvalue weighted by molar-refractivity contribution is 5.82. The van der Waals surface area contributed by atoms with Crippen molar-refractivity contribution >= 4 is 5.97 Å². The Bertz CT molecular complexity index is 353. The van der Waals surface area contributed by atoms with Gasteiger partial charge in [0.2, 0.25) is 0 Å². The van der Waals surface area contributed by atoms with E-state index in [2.05, 4.69) is 6.58 Å². The van der Waals surface area contributed by atoms with Crippen LogP contribution in [0.5, 0.6) is 0 Å². The maximum Gasteiger partial charge on any atom is 0.335 e. The molecule has 0 atom stereocenters. The topological polar surface area (TPSA) is 61.5 Å². The Kier molecular flexibility index (Phi) is 4.04. The van der Waals surface area contributed by atoms with E-state index in [9.17, 15) is 4.79 Å². The van der Waals surface area contributed by atoms with Crippen molar-refractivity contribution in [2.45, 2.75) is 32.3 Å². The zero-order valence-electron chi connectivity index (χ0n) is 9.66. The van der Waals surface area contributed by atoms with Crippen molar-refractivity contribution in [1.82, 2.24) is 0 Å². The minimum atomic E-state index is -0.482. The second kappa shape index (κ2) is 5.09. The summed E-state index contributed by atoms with van der Waals surface area (Å²) in [5.41, 5.74) is 0.596. The summed E-state index contributed by atoms with van der Waals surface area (Å²) in [6.45, 7) is 7.13. The third-order valence-electron chi connectivity index (χ3n) is 2.57. The van der Waals surface area contributed by atoms with Gasteiger partial charge in [-0.2, -0.15) is 0 Å². The summed E-state index contributed by atoms with van der Waals surface area (Å²) < 4.78 is 5.02. The second-order valence-corrected chi connectivity index (χ2v) is 4.06. The van der Waals surface area contributed by atoms with E-state index in [4.69, 9.17) is 15.5 Å². The number of ether oxygens (including phenoxy) is 1. The minimum absolute atomic E-state index is 0.433. The number of allylic oxidation sites excluding steroid dienone is 2. The molecular weight excluding hydrogens is 206 g/mol. The summed E-state index contributed by atoms with van der Waals surface area (Å²) in [4.78, 5) is 15.9. The van der Waals surface area contributed by atoms with Gasteiger partial charge in [-0.15, -0.1) is 0 Å². The van der Waals surface area contributed by atoms with E-state index in [0.717, 1.165) is 11.6 Å². The molecule has 0 unspecified atom stereocenters. The van der Waals surface area contributed by atoms with Crippen LogP contribution in [0.4, 0.5) is 0 Å². The number of carbonyl (C=O) groups excluding carboxylic acids is 1. The van der Waals surface area contributed by atoms with Crippen LogP contribution in [-0.2, 0) is 14.4 Å². The van der Waals surface area contributed by atoms with Gasteiger partial charge in [-0.3, -0.25) is 4.84 Å². The fourth-order valence-electron chi connectivity index (χ4n) is 1.44. The highest BCUT2D eigenvalue weighted by atomic mass is 16.6. The van der Waals surface area contributed by atoms with E-state index in [-0.39, 0.29) is 0 Å². The minimum Gasteiger partial charge on any atom is -0.428 e. The molecule has 0 saturated heterocycles. The van der Waals surface area contributed by atoms with Crippen molar-refractivity contribution < 1.29 is 14.4 Å². The van der Waals surface area contributed by atoms with Crippen molar-refractivity contribution in [1.29, 1.82) is 0 Å². The van der Waals surface area contributed by atoms with Gasteiger partial charge in [0.25, 0.3) is 0 Å². The van der Waals surface area contributed by atoms with Crippen LogP contribution in [-0.4, -0.2) is 11.6 Å². The molecule has 1 aliphatic rings. The smallest absolute Gasteiger partial charge is 0.335 e. The Balaban J connectivity index is 2.59. The van der Waals surface area contributed by atoms with E-state index in [1.165, 1.54) is 0 Å². The highest BCUT2D eigenvalue weighted by Crippen LogP contribution is 2.28. The summed E-state index contributed by atoms with van der Waals surface area (Å²) in [5, 5.41) is 0. The van der Waals surface area contributed by atoms with Gasteiger partial charge in [0.15, 0.2) is 0 Å². The molecule has 0 aromatic carbocycles. The predicted molar refractivity (Wildman–Crippen MR) is 61.0 cm³/mol. The molecule has 0 spiro atoms. The van der Waals surface area contributed by atoms with E-state index in [1.807, 2.05) is 26.0 Å². The monoisotopic (exact) mass is 223 g/mol. The molecule has 0 bridgehead atoms. The molecule has 88 valence electrons. The molecule has 0 radical (unpaired) electrons. The van der Waals surface area contributed by atoms with Gasteiger partial charge in [-0.1, -0.05) is 12.7 Å². The van der Waals surface area contributed by atoms with Crippen molar-refractivity contribution in [3.8, 4) is 0 Å². The van der Waals surface area contributed by atoms with Gasteiger partial charge < -0.3 is 4.74 Å². The van der Waals surface area contributed by atoms with Gasteiger partial charge in [0, 0.05) is 12.5 Å². The second-order valence-electron chi connectivity index (χ2n) is 4.06. The zero-order valence-corrected chi connectivity index (χ0v) is 9.66. The van der Waals surface area contributed by atoms with Gasteiger partial charge in [0.1, 0.15) is 11.4 Å². The largest absolute Gasteiger partial charge is 0.428 e. The Morgan fingerprint density at radius 2 is 2.19 bits per heavy atom. The molecule has 1 aliphatic carbocycles. The number of esters is 1. The molecular formula is C12H17NO3. The fourth-order valence-corrected chi connectivity index (χ4v) is 1.44. The Hall–Kier alpha value is -1.39. The fraction of sp³-hybridized carbons (Fsp3) is 0.417. The van der Waals surface area contributed by atoms with Crippen molar-refractivity contribution in [3.05, 3.63) is 36.1 Å². The van der Waals surface area contributed by atoms with Crippen LogP contribution in [0.15, 0.2) is 36.1 Å². The lowest BCUT2D eigenvalue weighted by molar-refractivity contribution is -0.133. The molecule has 0 fully saturated rings. The van der Waals surface area contributed by atoms with Crippen LogP contribution < -0.4 is 5.90 Å². The lowest BCUT2D eigenvalue weighted by atomic mass is 9.91. The molecule has 4 heteroatoms. The van der Waals surface area contributed by atoms with E-state index in [1.54, 1.807) is 0 Å². The average Bonchev–Trinajstić information content (AvgIpc) is 2.29. The number of hydrogen-bond donors (Lipinski definition) is 1. The number of rotatable bonds is 4. The zero-order chi connectivity index (χ0) is 12.2. The van der Waals surface area contributed by atoms with Crippen LogP contribution in [0.1, 0.15) is 26.7 Å². The summed E-state index contributed by atoms with van der Waals surface area (Å²) in [7, 11) is 0. The van der Waals surface area contributed by atoms with Gasteiger partial charge in [0.05, 0.1) is 0 Å². The first kappa shape index (κ1) is 12.7. The van der Waals surface area contributed by atoms with Gasteiger partial charge >= 0.3 is 5.97 Å². The third kappa shape index (κ3) is 3.05. The molecule has 2 N–H and O–H groups in total. The normalized spacial score (nSPS) is 16.2. The molecule has 0 heterocycles. The van der Waals surface area contributed by atoms with Crippen LogP contribution in [0.2, 0.25) is 0 Å². The lowest BCUT2D eigenvalue weighted by Gasteiger charge is -2.27. The Morgan fingerprint density at radius 3 is 2.62 bits per heavy atom. The first-order chi connectivity index (χ1) is 7.49. The molecule has 0 aliphatic heterocycles. The number of hydrogen-bond acceptors (Lipinski definition) is 4. The van der Waals surface area contributed by atoms with Crippen LogP contribution in [0, 0.1) is 0 Å². The summed E-state index contributed by atoms with van der Waals surface area (Å²) in [5.74, 6) is 5.42. The number of nitrogens with two attached hydrogens (primary N) is 1. The van der Waals surface area contributed by atoms with Crippen molar-refractivity contribution in [3.63, 3.8) is 0 Å². The number of carbonyl (C=O) groups is 1. The predicted octanol–water partition coefficient (Wildman–Crippen LogP) is 1.99. The average molecular weight is 223 g/mol. The van der Waals surface area contributed by atoms with Crippen LogP contribution >= 0.6 is 0 Å². The quantitative estimate of drug-likeness (QED) is 0.342. The van der Waals surface area contributed by atoms with Gasteiger partial charge in [-0.05, 0) is 31.9 Å². The van der Waals surface area contributed by atoms with Crippen LogP contribution in [0.3, 0.4) is 0 Å². The SMILES string of the molecule is C=CC(=O)OC1=CCC(C(C)(C)ON)=CC1. The molecule has 0 aromatic heterocycles. The molecule has 0 saturated carbocycles. The molecule has 4 nitrogen and oxygen atoms in total. The summed E-state index contributed by atoms with van der Waals surface area (Å²) >= 11 is 0. The van der Waals surface area contributed by atoms with Crippen LogP contribution in [0.25, 0.3) is 0 Å². The summed E-state index contributed by atoms with van der Waals surface area (Å²) in [6, 6.07) is 0. The standard InChI is InChI=1S/C12H17NO3/c1-4-11(14)15-10-7-5-9(6-8-10)12(2,3)16-13/h4-5,8H,1,6-7,13H2,2-3H3. The molecule has 1 rings (SSSR count). The molecule has 0 aromatic rings. The maximum atomic E-state index is 11.0. The van der Waals surface area contributed by atoms with Gasteiger partial charge in [-0.25, -0.2) is 10.7 Å². The van der Waals surface area contributed by atoms with E-state index < -0.39 is 11.6 Å². The first-order valence-electron chi connectivity index (χ1n) is 5.10. The summed E-state index contributed by atoms with van der Waals surface area (Å²) in [6.07, 6.45) is 6.22. The maximum absolute atomic E-state index is 11.0. The Labute approximate surface area is 95.4 Å². The van der Waals surface area contributed by atoms with Crippen molar-refractivity contribution in [2.24, 2.45) is 5.90 Å². The van der Waals surface area contributed by atoms with Crippen molar-refractivity contribution in [2.75, 3.05) is 0 Å². The Morgan fingerprint density at radius 1 is 1.50 bits per heavy atom. The molecule has 0 amide bonds. The lowest BCUT2D eigenvalue weighted by Crippen LogP contribution is -2.31.